The standard InChI is InChI=1S/C38H32N2O13/c1-52-28-11-16(12-29(53-2)32(28)43)3-6-20-19-9-10-23-31(36(47)39(33(23)44)17-4-7-21(37(48)49)26(41)13-17)24(19)15-25-30(20)35(46)40(34(25)45)18-5-8-22(38(50)51)27(42)14-18/h3-9,11-14,20,23-25,30-31,41-43H,10,15H2,1-2H3,(H,48,49)(H,50,51)/t20-,23-,24+,25+,30-,31-/m0/s1. The summed E-state index contributed by atoms with van der Waals surface area (Å²) in [6.07, 6.45) is 5.32. The van der Waals surface area contributed by atoms with Gasteiger partial charge >= 0.3 is 11.9 Å². The van der Waals surface area contributed by atoms with Gasteiger partial charge in [-0.1, -0.05) is 23.8 Å². The highest BCUT2D eigenvalue weighted by atomic mass is 16.5. The second kappa shape index (κ2) is 12.8. The zero-order valence-electron chi connectivity index (χ0n) is 28.1. The third-order valence-electron chi connectivity index (χ3n) is 10.6. The predicted octanol–water partition coefficient (Wildman–Crippen LogP) is 3.81. The van der Waals surface area contributed by atoms with Crippen LogP contribution in [-0.4, -0.2) is 75.3 Å². The SMILES string of the molecule is COc1cc(C=C[C@H]2C3=CC[C@@H]4C(=O)N(c5ccc(C(=O)O)c(O)c5)C(=O)[C@@H]4[C@@H]3C[C@H]3C(=O)N(c4ccc(C(=O)O)c(O)c4)C(=O)[C@@H]23)cc(OC)c1O. The van der Waals surface area contributed by atoms with Crippen LogP contribution in [0.15, 0.2) is 66.3 Å². The van der Waals surface area contributed by atoms with Gasteiger partial charge in [-0.15, -0.1) is 0 Å². The van der Waals surface area contributed by atoms with E-state index in [1.165, 1.54) is 26.4 Å². The van der Waals surface area contributed by atoms with E-state index in [0.29, 0.717) is 11.1 Å². The first-order valence-corrected chi connectivity index (χ1v) is 16.5. The summed E-state index contributed by atoms with van der Waals surface area (Å²) in [6.45, 7) is 0. The molecule has 0 unspecified atom stereocenters. The van der Waals surface area contributed by atoms with Gasteiger partial charge in [0.05, 0.1) is 49.3 Å². The minimum absolute atomic E-state index is 0.0123. The highest BCUT2D eigenvalue weighted by Gasteiger charge is 2.61. The zero-order chi connectivity index (χ0) is 38.0. The highest BCUT2D eigenvalue weighted by molar-refractivity contribution is 6.24. The average molecular weight is 725 g/mol. The number of aromatic carboxylic acids is 2. The van der Waals surface area contributed by atoms with Crippen molar-refractivity contribution >= 4 is 53.0 Å². The van der Waals surface area contributed by atoms with Crippen molar-refractivity contribution in [3.8, 4) is 28.7 Å². The van der Waals surface area contributed by atoms with E-state index in [1.54, 1.807) is 24.3 Å². The third kappa shape index (κ3) is 5.43. The first kappa shape index (κ1) is 34.8. The zero-order valence-corrected chi connectivity index (χ0v) is 28.1. The number of phenols is 3. The van der Waals surface area contributed by atoms with Crippen LogP contribution in [0.4, 0.5) is 11.4 Å². The number of nitrogens with zero attached hydrogens (tertiary/aromatic N) is 2. The van der Waals surface area contributed by atoms with Gasteiger partial charge in [0.25, 0.3) is 0 Å². The van der Waals surface area contributed by atoms with Crippen molar-refractivity contribution in [2.24, 2.45) is 35.5 Å². The number of imide groups is 2. The summed E-state index contributed by atoms with van der Waals surface area (Å²) in [6, 6.07) is 9.84. The summed E-state index contributed by atoms with van der Waals surface area (Å²) >= 11 is 0. The van der Waals surface area contributed by atoms with E-state index in [1.807, 2.05) is 6.08 Å². The number of methoxy groups -OCH3 is 2. The maximum atomic E-state index is 14.3. The number of carbonyl (C=O) groups is 6. The Bertz CT molecular complexity index is 2180. The number of amides is 4. The molecule has 53 heavy (non-hydrogen) atoms. The molecule has 2 aliphatic heterocycles. The Morgan fingerprint density at radius 3 is 1.70 bits per heavy atom. The van der Waals surface area contributed by atoms with Crippen LogP contribution in [0.1, 0.15) is 39.1 Å². The molecule has 2 saturated heterocycles. The Kier molecular flexibility index (Phi) is 8.43. The molecule has 4 amide bonds. The van der Waals surface area contributed by atoms with Gasteiger partial charge in [0, 0.05) is 18.1 Å². The van der Waals surface area contributed by atoms with Crippen LogP contribution in [0.5, 0.6) is 28.7 Å². The van der Waals surface area contributed by atoms with Gasteiger partial charge in [-0.3, -0.25) is 19.2 Å². The summed E-state index contributed by atoms with van der Waals surface area (Å²) in [5.74, 6) is -11.7. The second-order valence-corrected chi connectivity index (χ2v) is 13.2. The molecule has 7 rings (SSSR count). The molecule has 0 spiro atoms. The number of phenolic OH excluding ortho intramolecular Hbond substituents is 1. The van der Waals surface area contributed by atoms with E-state index in [4.69, 9.17) is 9.47 Å². The van der Waals surface area contributed by atoms with Crippen LogP contribution in [0, 0.1) is 35.5 Å². The number of fused-ring (bicyclic) bond motifs is 4. The number of carbonyl (C=O) groups excluding carboxylic acids is 4. The molecule has 6 atom stereocenters. The summed E-state index contributed by atoms with van der Waals surface area (Å²) in [5.41, 5.74) is 0.279. The molecule has 3 fully saturated rings. The summed E-state index contributed by atoms with van der Waals surface area (Å²) in [4.78, 5) is 81.3. The van der Waals surface area contributed by atoms with Gasteiger partial charge in [0.2, 0.25) is 29.4 Å². The first-order valence-electron chi connectivity index (χ1n) is 16.5. The molecule has 15 nitrogen and oxygen atoms in total. The van der Waals surface area contributed by atoms with Crippen molar-refractivity contribution in [3.05, 3.63) is 82.9 Å². The monoisotopic (exact) mass is 724 g/mol. The summed E-state index contributed by atoms with van der Waals surface area (Å²) in [5, 5.41) is 49.9. The molecule has 0 bridgehead atoms. The molecule has 2 aliphatic carbocycles. The highest BCUT2D eigenvalue weighted by Crippen LogP contribution is 2.56. The Hall–Kier alpha value is -6.64. The maximum Gasteiger partial charge on any atom is 0.339 e. The van der Waals surface area contributed by atoms with Gasteiger partial charge in [0.15, 0.2) is 11.5 Å². The number of benzene rings is 3. The Morgan fingerprint density at radius 1 is 0.698 bits per heavy atom. The van der Waals surface area contributed by atoms with Crippen LogP contribution in [-0.2, 0) is 19.2 Å². The van der Waals surface area contributed by atoms with Gasteiger partial charge in [-0.05, 0) is 60.7 Å². The molecule has 4 aliphatic rings. The fraction of sp³-hybridized carbons (Fsp3) is 0.263. The van der Waals surface area contributed by atoms with Gasteiger partial charge < -0.3 is 35.0 Å². The minimum Gasteiger partial charge on any atom is -0.507 e. The lowest BCUT2D eigenvalue weighted by molar-refractivity contribution is -0.126. The van der Waals surface area contributed by atoms with Crippen LogP contribution in [0.2, 0.25) is 0 Å². The van der Waals surface area contributed by atoms with Crippen LogP contribution in [0.3, 0.4) is 0 Å². The smallest absolute Gasteiger partial charge is 0.339 e. The molecule has 0 aromatic heterocycles. The lowest BCUT2D eigenvalue weighted by Gasteiger charge is -2.42. The number of carboxylic acid groups (broad SMARTS) is 2. The van der Waals surface area contributed by atoms with E-state index in [9.17, 15) is 54.3 Å². The molecular formula is C38H32N2O13. The summed E-state index contributed by atoms with van der Waals surface area (Å²) < 4.78 is 10.6. The van der Waals surface area contributed by atoms with Crippen molar-refractivity contribution < 1.29 is 63.8 Å². The van der Waals surface area contributed by atoms with E-state index >= 15 is 0 Å². The molecule has 0 radical (unpaired) electrons. The predicted molar refractivity (Wildman–Crippen MR) is 184 cm³/mol. The maximum absolute atomic E-state index is 14.3. The molecule has 2 heterocycles. The number of ether oxygens (including phenoxy) is 2. The number of hydrogen-bond donors (Lipinski definition) is 5. The minimum atomic E-state index is -1.40. The fourth-order valence-electron chi connectivity index (χ4n) is 8.26. The Morgan fingerprint density at radius 2 is 1.21 bits per heavy atom. The number of carboxylic acids is 2. The molecule has 15 heteroatoms. The van der Waals surface area contributed by atoms with E-state index in [2.05, 4.69) is 0 Å². The van der Waals surface area contributed by atoms with Crippen molar-refractivity contribution in [2.75, 3.05) is 24.0 Å². The molecule has 5 N–H and O–H groups in total. The lowest BCUT2D eigenvalue weighted by Crippen LogP contribution is -2.43. The Labute approximate surface area is 300 Å². The van der Waals surface area contributed by atoms with Crippen molar-refractivity contribution in [2.45, 2.75) is 12.8 Å². The summed E-state index contributed by atoms with van der Waals surface area (Å²) in [7, 11) is 2.73. The molecule has 1 saturated carbocycles. The van der Waals surface area contributed by atoms with Crippen molar-refractivity contribution in [1.29, 1.82) is 0 Å². The number of allylic oxidation sites excluding steroid dienone is 3. The lowest BCUT2D eigenvalue weighted by atomic mass is 9.58. The normalized spacial score (nSPS) is 24.9. The number of rotatable bonds is 8. The van der Waals surface area contributed by atoms with Gasteiger partial charge in [0.1, 0.15) is 22.6 Å². The van der Waals surface area contributed by atoms with E-state index in [0.717, 1.165) is 34.1 Å². The average Bonchev–Trinajstić information content (AvgIpc) is 3.53. The van der Waals surface area contributed by atoms with Crippen LogP contribution < -0.4 is 19.3 Å². The topological polar surface area (TPSA) is 229 Å². The largest absolute Gasteiger partial charge is 0.507 e. The third-order valence-corrected chi connectivity index (χ3v) is 10.6. The van der Waals surface area contributed by atoms with Crippen molar-refractivity contribution in [1.82, 2.24) is 0 Å². The van der Waals surface area contributed by atoms with Crippen LogP contribution >= 0.6 is 0 Å². The number of aromatic hydroxyl groups is 3. The number of hydrogen-bond acceptors (Lipinski definition) is 11. The second-order valence-electron chi connectivity index (χ2n) is 13.2. The number of anilines is 2. The molecule has 3 aromatic carbocycles. The van der Waals surface area contributed by atoms with Crippen molar-refractivity contribution in [3.63, 3.8) is 0 Å². The Balaban J connectivity index is 1.31. The molecule has 272 valence electrons. The first-order chi connectivity index (χ1) is 25.3. The molecular weight excluding hydrogens is 692 g/mol. The quantitative estimate of drug-likeness (QED) is 0.165. The van der Waals surface area contributed by atoms with Crippen LogP contribution in [0.25, 0.3) is 6.08 Å². The molecule has 3 aromatic rings. The van der Waals surface area contributed by atoms with Gasteiger partial charge in [-0.25, -0.2) is 19.4 Å². The van der Waals surface area contributed by atoms with E-state index < -0.39 is 93.7 Å². The van der Waals surface area contributed by atoms with Gasteiger partial charge in [-0.2, -0.15) is 0 Å². The van der Waals surface area contributed by atoms with E-state index in [-0.39, 0.29) is 41.5 Å². The fourth-order valence-corrected chi connectivity index (χ4v) is 8.26.